The predicted molar refractivity (Wildman–Crippen MR) is 120 cm³/mol. The average molecular weight is 474 g/mol. The Bertz CT molecular complexity index is 1190. The van der Waals surface area contributed by atoms with Crippen LogP contribution in [-0.2, 0) is 11.0 Å². The Kier molecular flexibility index (Phi) is 5.78. The molecule has 3 aromatic rings. The van der Waals surface area contributed by atoms with Gasteiger partial charge in [0.05, 0.1) is 17.2 Å². The molecule has 1 atom stereocenters. The molecule has 2 aliphatic rings. The highest BCUT2D eigenvalue weighted by atomic mass is 19.4. The lowest BCUT2D eigenvalue weighted by Gasteiger charge is -2.40. The molecule has 11 heteroatoms. The zero-order chi connectivity index (χ0) is 23.9. The predicted octanol–water partition coefficient (Wildman–Crippen LogP) is 3.51. The van der Waals surface area contributed by atoms with Gasteiger partial charge < -0.3 is 19.2 Å². The highest BCUT2D eigenvalue weighted by Gasteiger charge is 2.34. The topological polar surface area (TPSA) is 78.6 Å². The fourth-order valence-corrected chi connectivity index (χ4v) is 4.84. The minimum absolute atomic E-state index is 0.0840. The van der Waals surface area contributed by atoms with E-state index in [1.54, 1.807) is 6.07 Å². The van der Waals surface area contributed by atoms with Crippen molar-refractivity contribution in [3.8, 4) is 0 Å². The summed E-state index contributed by atoms with van der Waals surface area (Å²) in [4.78, 5) is 27.7. The average Bonchev–Trinajstić information content (AvgIpc) is 3.24. The molecule has 0 saturated carbocycles. The summed E-state index contributed by atoms with van der Waals surface area (Å²) in [6, 6.07) is 5.35. The van der Waals surface area contributed by atoms with Gasteiger partial charge in [-0.3, -0.25) is 4.79 Å². The van der Waals surface area contributed by atoms with Crippen molar-refractivity contribution in [3.05, 3.63) is 41.9 Å². The summed E-state index contributed by atoms with van der Waals surface area (Å²) in [5.74, 6) is 0.649. The minimum Gasteiger partial charge on any atom is -0.368 e. The second kappa shape index (κ2) is 8.77. The van der Waals surface area contributed by atoms with Crippen molar-refractivity contribution in [2.45, 2.75) is 25.9 Å². The summed E-state index contributed by atoms with van der Waals surface area (Å²) in [6.07, 6.45) is -1.28. The number of piperidine rings is 1. The van der Waals surface area contributed by atoms with Crippen LogP contribution in [0.4, 0.5) is 24.7 Å². The number of carbonyl (C=O) groups is 1. The Morgan fingerprint density at radius 2 is 1.88 bits per heavy atom. The van der Waals surface area contributed by atoms with Gasteiger partial charge in [0.1, 0.15) is 17.5 Å². The van der Waals surface area contributed by atoms with E-state index in [4.69, 9.17) is 4.52 Å². The number of amides is 1. The lowest BCUT2D eigenvalue weighted by atomic mass is 9.96. The van der Waals surface area contributed by atoms with Crippen LogP contribution in [0, 0.1) is 12.8 Å². The molecular weight excluding hydrogens is 449 g/mol. The largest absolute Gasteiger partial charge is 0.416 e. The molecule has 1 aromatic carbocycles. The number of carbonyl (C=O) groups excluding carboxylic acids is 1. The molecule has 4 heterocycles. The fraction of sp³-hybridized carbons (Fsp3) is 0.478. The molecule has 0 unspecified atom stereocenters. The summed E-state index contributed by atoms with van der Waals surface area (Å²) in [7, 11) is 0. The Hall–Kier alpha value is -3.37. The lowest BCUT2D eigenvalue weighted by Crippen LogP contribution is -2.52. The molecule has 0 radical (unpaired) electrons. The van der Waals surface area contributed by atoms with Crippen LogP contribution < -0.4 is 9.80 Å². The van der Waals surface area contributed by atoms with Crippen LogP contribution >= 0.6 is 0 Å². The summed E-state index contributed by atoms with van der Waals surface area (Å²) < 4.78 is 44.4. The van der Waals surface area contributed by atoms with E-state index in [0.29, 0.717) is 49.8 Å². The quantitative estimate of drug-likeness (QED) is 0.575. The number of hydrogen-bond acceptors (Lipinski definition) is 7. The number of piperazine rings is 1. The number of hydrogen-bond donors (Lipinski definition) is 0. The Morgan fingerprint density at radius 3 is 2.65 bits per heavy atom. The number of alkyl halides is 3. The van der Waals surface area contributed by atoms with Crippen LogP contribution in [0.5, 0.6) is 0 Å². The lowest BCUT2D eigenvalue weighted by molar-refractivity contribution is -0.137. The van der Waals surface area contributed by atoms with Crippen molar-refractivity contribution in [1.82, 2.24) is 20.0 Å². The van der Waals surface area contributed by atoms with Crippen LogP contribution in [-0.4, -0.2) is 65.2 Å². The maximum atomic E-state index is 13.3. The van der Waals surface area contributed by atoms with Crippen molar-refractivity contribution < 1.29 is 22.5 Å². The van der Waals surface area contributed by atoms with E-state index in [9.17, 15) is 18.0 Å². The SMILES string of the molecule is Cc1noc2ncnc(N3CCC[C@@H](C(=O)N4CCN(c5cccc(C(F)(F)F)c5)CC4)C3)c12. The molecule has 5 rings (SSSR count). The molecule has 2 fully saturated rings. The van der Waals surface area contributed by atoms with Gasteiger partial charge in [-0.05, 0) is 38.0 Å². The maximum absolute atomic E-state index is 13.3. The van der Waals surface area contributed by atoms with E-state index >= 15 is 0 Å². The van der Waals surface area contributed by atoms with Crippen molar-refractivity contribution >= 4 is 28.5 Å². The number of benzene rings is 1. The van der Waals surface area contributed by atoms with Crippen molar-refractivity contribution in [3.63, 3.8) is 0 Å². The van der Waals surface area contributed by atoms with Crippen LogP contribution in [0.25, 0.3) is 11.1 Å². The minimum atomic E-state index is -4.37. The Morgan fingerprint density at radius 1 is 1.09 bits per heavy atom. The van der Waals surface area contributed by atoms with Gasteiger partial charge in [0.2, 0.25) is 5.91 Å². The first-order valence-corrected chi connectivity index (χ1v) is 11.3. The molecule has 0 bridgehead atoms. The molecule has 2 saturated heterocycles. The van der Waals surface area contributed by atoms with Gasteiger partial charge in [-0.25, -0.2) is 4.98 Å². The monoisotopic (exact) mass is 474 g/mol. The number of halogens is 3. The first kappa shape index (κ1) is 22.4. The third-order valence-corrected chi connectivity index (χ3v) is 6.62. The number of anilines is 2. The van der Waals surface area contributed by atoms with E-state index in [1.807, 2.05) is 16.7 Å². The Labute approximate surface area is 194 Å². The van der Waals surface area contributed by atoms with Crippen molar-refractivity contribution in [2.24, 2.45) is 5.92 Å². The van der Waals surface area contributed by atoms with E-state index in [2.05, 4.69) is 20.0 Å². The normalized spacial score (nSPS) is 19.6. The number of rotatable bonds is 3. The third kappa shape index (κ3) is 4.26. The van der Waals surface area contributed by atoms with Gasteiger partial charge >= 0.3 is 6.18 Å². The molecule has 0 aliphatic carbocycles. The van der Waals surface area contributed by atoms with Crippen LogP contribution in [0.15, 0.2) is 35.1 Å². The number of aromatic nitrogens is 3. The fourth-order valence-electron chi connectivity index (χ4n) is 4.84. The van der Waals surface area contributed by atoms with Gasteiger partial charge in [0.15, 0.2) is 0 Å². The van der Waals surface area contributed by atoms with Crippen LogP contribution in [0.2, 0.25) is 0 Å². The molecule has 2 aromatic heterocycles. The smallest absolute Gasteiger partial charge is 0.368 e. The van der Waals surface area contributed by atoms with E-state index in [-0.39, 0.29) is 11.8 Å². The van der Waals surface area contributed by atoms with Crippen molar-refractivity contribution in [1.29, 1.82) is 0 Å². The number of fused-ring (bicyclic) bond motifs is 1. The Balaban J connectivity index is 1.24. The molecule has 34 heavy (non-hydrogen) atoms. The van der Waals surface area contributed by atoms with E-state index in [1.165, 1.54) is 18.5 Å². The van der Waals surface area contributed by atoms with Crippen LogP contribution in [0.1, 0.15) is 24.1 Å². The zero-order valence-electron chi connectivity index (χ0n) is 18.8. The first-order chi connectivity index (χ1) is 16.3. The number of nitrogens with zero attached hydrogens (tertiary/aromatic N) is 6. The highest BCUT2D eigenvalue weighted by Crippen LogP contribution is 2.33. The van der Waals surface area contributed by atoms with Gasteiger partial charge in [-0.2, -0.15) is 18.2 Å². The second-order valence-corrected chi connectivity index (χ2v) is 8.79. The van der Waals surface area contributed by atoms with E-state index in [0.717, 1.165) is 36.7 Å². The highest BCUT2D eigenvalue weighted by molar-refractivity contribution is 5.88. The molecule has 2 aliphatic heterocycles. The molecule has 180 valence electrons. The standard InChI is InChI=1S/C23H25F3N6O2/c1-15-19-20(27-14-28-21(19)34-29-15)32-7-3-4-16(13-32)22(33)31-10-8-30(9-11-31)18-6-2-5-17(12-18)23(24,25)26/h2,5-6,12,14,16H,3-4,7-11,13H2,1H3/t16-/m1/s1. The number of aryl methyl sites for hydroxylation is 1. The second-order valence-electron chi connectivity index (χ2n) is 8.79. The molecule has 0 N–H and O–H groups in total. The summed E-state index contributed by atoms with van der Waals surface area (Å²) >= 11 is 0. The third-order valence-electron chi connectivity index (χ3n) is 6.62. The molecule has 8 nitrogen and oxygen atoms in total. The molecular formula is C23H25F3N6O2. The maximum Gasteiger partial charge on any atom is 0.416 e. The van der Waals surface area contributed by atoms with Crippen LogP contribution in [0.3, 0.4) is 0 Å². The molecule has 1 amide bonds. The van der Waals surface area contributed by atoms with Gasteiger partial charge in [-0.15, -0.1) is 0 Å². The summed E-state index contributed by atoms with van der Waals surface area (Å²) in [5.41, 5.74) is 1.02. The summed E-state index contributed by atoms with van der Waals surface area (Å²) in [6.45, 7) is 5.12. The van der Waals surface area contributed by atoms with Gasteiger partial charge in [-0.1, -0.05) is 11.2 Å². The van der Waals surface area contributed by atoms with Crippen molar-refractivity contribution in [2.75, 3.05) is 49.1 Å². The van der Waals surface area contributed by atoms with Gasteiger partial charge in [0, 0.05) is 45.0 Å². The summed E-state index contributed by atoms with van der Waals surface area (Å²) in [5, 5.41) is 4.75. The first-order valence-electron chi connectivity index (χ1n) is 11.3. The zero-order valence-corrected chi connectivity index (χ0v) is 18.8. The molecule has 0 spiro atoms. The van der Waals surface area contributed by atoms with E-state index < -0.39 is 11.7 Å². The van der Waals surface area contributed by atoms with Gasteiger partial charge in [0.25, 0.3) is 5.71 Å².